The van der Waals surface area contributed by atoms with Crippen molar-refractivity contribution in [2.75, 3.05) is 23.4 Å². The van der Waals surface area contributed by atoms with Crippen LogP contribution in [0.4, 0.5) is 5.69 Å². The highest BCUT2D eigenvalue weighted by molar-refractivity contribution is 7.92. The summed E-state index contributed by atoms with van der Waals surface area (Å²) in [6.07, 6.45) is 5.59. The number of hydrogen-bond donors (Lipinski definition) is 1. The predicted octanol–water partition coefficient (Wildman–Crippen LogP) is 4.14. The average Bonchev–Trinajstić information content (AvgIpc) is 3.41. The molecule has 1 fully saturated rings. The maximum atomic E-state index is 14.0. The molecule has 2 aromatic rings. The minimum Gasteiger partial charge on any atom is -0.454 e. The average molecular weight is 558 g/mol. The van der Waals surface area contributed by atoms with E-state index in [1.54, 1.807) is 18.2 Å². The number of nitrogens with one attached hydrogen (secondary N) is 1. The van der Waals surface area contributed by atoms with Crippen LogP contribution in [0.5, 0.6) is 11.5 Å². The molecule has 1 aliphatic heterocycles. The fourth-order valence-corrected chi connectivity index (χ4v) is 6.25. The van der Waals surface area contributed by atoms with Crippen LogP contribution in [0.2, 0.25) is 0 Å². The van der Waals surface area contributed by atoms with Gasteiger partial charge in [0.2, 0.25) is 28.6 Å². The third kappa shape index (κ3) is 6.84. The predicted molar refractivity (Wildman–Crippen MR) is 150 cm³/mol. The number of amides is 2. The lowest BCUT2D eigenvalue weighted by molar-refractivity contribution is -0.140. The van der Waals surface area contributed by atoms with Crippen LogP contribution < -0.4 is 19.1 Å². The molecule has 9 nitrogen and oxygen atoms in total. The first-order valence-corrected chi connectivity index (χ1v) is 15.4. The normalized spacial score (nSPS) is 16.0. The number of nitrogens with zero attached hydrogens (tertiary/aromatic N) is 2. The van der Waals surface area contributed by atoms with Gasteiger partial charge in [-0.3, -0.25) is 13.9 Å². The van der Waals surface area contributed by atoms with E-state index in [1.807, 2.05) is 38.1 Å². The maximum Gasteiger partial charge on any atom is 0.244 e. The third-order valence-corrected chi connectivity index (χ3v) is 9.30. The van der Waals surface area contributed by atoms with Gasteiger partial charge in [0.1, 0.15) is 12.6 Å². The summed E-state index contributed by atoms with van der Waals surface area (Å²) in [5.74, 6) is 0.112. The molecule has 1 N–H and O–H groups in total. The number of carbonyl (C=O) groups is 2. The minimum absolute atomic E-state index is 0.0523. The molecule has 0 saturated heterocycles. The number of anilines is 1. The molecule has 1 aliphatic carbocycles. The van der Waals surface area contributed by atoms with Gasteiger partial charge >= 0.3 is 0 Å². The molecule has 0 spiro atoms. The second-order valence-corrected chi connectivity index (χ2v) is 12.3. The second kappa shape index (κ2) is 12.7. The van der Waals surface area contributed by atoms with Crippen molar-refractivity contribution in [2.45, 2.75) is 77.9 Å². The monoisotopic (exact) mass is 557 g/mol. The van der Waals surface area contributed by atoms with Crippen LogP contribution in [0, 0.1) is 6.92 Å². The van der Waals surface area contributed by atoms with Gasteiger partial charge in [-0.1, -0.05) is 50.5 Å². The SMILES string of the molecule is CC[C@@H](C(=O)NC1CCCCC1)N(Cc1ccccc1C)C(=O)CN(c1ccc2c(c1)OCO2)S(=O)(=O)CC. The number of carbonyl (C=O) groups excluding carboxylic acids is 2. The van der Waals surface area contributed by atoms with E-state index >= 15 is 0 Å². The molecule has 39 heavy (non-hydrogen) atoms. The van der Waals surface area contributed by atoms with Crippen molar-refractivity contribution in [3.8, 4) is 11.5 Å². The highest BCUT2D eigenvalue weighted by Crippen LogP contribution is 2.36. The Morgan fingerprint density at radius 3 is 2.44 bits per heavy atom. The fraction of sp³-hybridized carbons (Fsp3) is 0.517. The summed E-state index contributed by atoms with van der Waals surface area (Å²) in [7, 11) is -3.83. The maximum absolute atomic E-state index is 14.0. The molecule has 212 valence electrons. The van der Waals surface area contributed by atoms with E-state index in [0.29, 0.717) is 23.6 Å². The van der Waals surface area contributed by atoms with Crippen LogP contribution >= 0.6 is 0 Å². The number of ether oxygens (including phenoxy) is 2. The van der Waals surface area contributed by atoms with E-state index in [-0.39, 0.29) is 31.0 Å². The first-order valence-electron chi connectivity index (χ1n) is 13.8. The van der Waals surface area contributed by atoms with E-state index in [9.17, 15) is 18.0 Å². The Morgan fingerprint density at radius 1 is 1.03 bits per heavy atom. The van der Waals surface area contributed by atoms with Crippen LogP contribution in [-0.4, -0.2) is 56.3 Å². The zero-order valence-electron chi connectivity index (χ0n) is 23.0. The molecule has 1 atom stereocenters. The number of hydrogen-bond acceptors (Lipinski definition) is 6. The zero-order chi connectivity index (χ0) is 28.0. The lowest BCUT2D eigenvalue weighted by Crippen LogP contribution is -2.54. The Hall–Kier alpha value is -3.27. The molecule has 4 rings (SSSR count). The van der Waals surface area contributed by atoms with Crippen molar-refractivity contribution in [3.05, 3.63) is 53.6 Å². The number of benzene rings is 2. The van der Waals surface area contributed by atoms with E-state index in [1.165, 1.54) is 18.2 Å². The van der Waals surface area contributed by atoms with E-state index in [4.69, 9.17) is 9.47 Å². The van der Waals surface area contributed by atoms with Crippen molar-refractivity contribution in [2.24, 2.45) is 0 Å². The molecular formula is C29H39N3O6S. The second-order valence-electron chi connectivity index (χ2n) is 10.2. The van der Waals surface area contributed by atoms with Crippen molar-refractivity contribution >= 4 is 27.5 Å². The minimum atomic E-state index is -3.83. The summed E-state index contributed by atoms with van der Waals surface area (Å²) in [6.45, 7) is 5.19. The molecule has 0 radical (unpaired) electrons. The number of fused-ring (bicyclic) bond motifs is 1. The van der Waals surface area contributed by atoms with Crippen LogP contribution in [0.3, 0.4) is 0 Å². The summed E-state index contributed by atoms with van der Waals surface area (Å²) in [4.78, 5) is 29.1. The lowest BCUT2D eigenvalue weighted by atomic mass is 9.95. The van der Waals surface area contributed by atoms with Gasteiger partial charge in [-0.2, -0.15) is 0 Å². The topological polar surface area (TPSA) is 105 Å². The first-order chi connectivity index (χ1) is 18.7. The van der Waals surface area contributed by atoms with E-state index < -0.39 is 28.5 Å². The van der Waals surface area contributed by atoms with Crippen LogP contribution in [0.15, 0.2) is 42.5 Å². The molecule has 0 aromatic heterocycles. The van der Waals surface area contributed by atoms with Gasteiger partial charge in [0.15, 0.2) is 11.5 Å². The van der Waals surface area contributed by atoms with Crippen molar-refractivity contribution in [1.29, 1.82) is 0 Å². The molecule has 2 aliphatic rings. The summed E-state index contributed by atoms with van der Waals surface area (Å²) in [5, 5.41) is 3.17. The van der Waals surface area contributed by atoms with Gasteiger partial charge in [0.25, 0.3) is 0 Å². The molecule has 0 bridgehead atoms. The van der Waals surface area contributed by atoms with Gasteiger partial charge in [0.05, 0.1) is 11.4 Å². The summed E-state index contributed by atoms with van der Waals surface area (Å²) in [5.41, 5.74) is 2.21. The van der Waals surface area contributed by atoms with Crippen molar-refractivity contribution in [1.82, 2.24) is 10.2 Å². The molecule has 0 unspecified atom stereocenters. The van der Waals surface area contributed by atoms with E-state index in [0.717, 1.165) is 41.1 Å². The largest absolute Gasteiger partial charge is 0.454 e. The number of aryl methyl sites for hydroxylation is 1. The molecule has 10 heteroatoms. The molecule has 2 amide bonds. The number of rotatable bonds is 11. The van der Waals surface area contributed by atoms with Crippen molar-refractivity contribution in [3.63, 3.8) is 0 Å². The Balaban J connectivity index is 1.65. The quantitative estimate of drug-likeness (QED) is 0.445. The number of sulfonamides is 1. The van der Waals surface area contributed by atoms with Gasteiger partial charge in [0, 0.05) is 18.7 Å². The summed E-state index contributed by atoms with van der Waals surface area (Å²) < 4.78 is 38.3. The lowest BCUT2D eigenvalue weighted by Gasteiger charge is -2.34. The van der Waals surface area contributed by atoms with Gasteiger partial charge in [-0.25, -0.2) is 8.42 Å². The molecule has 1 heterocycles. The third-order valence-electron chi connectivity index (χ3n) is 7.56. The Bertz CT molecular complexity index is 1280. The van der Waals surface area contributed by atoms with Crippen molar-refractivity contribution < 1.29 is 27.5 Å². The van der Waals surface area contributed by atoms with Crippen LogP contribution in [0.1, 0.15) is 63.5 Å². The van der Waals surface area contributed by atoms with Gasteiger partial charge in [-0.15, -0.1) is 0 Å². The van der Waals surface area contributed by atoms with Gasteiger partial charge in [-0.05, 0) is 56.4 Å². The summed E-state index contributed by atoms with van der Waals surface area (Å²) >= 11 is 0. The fourth-order valence-electron chi connectivity index (χ4n) is 5.19. The summed E-state index contributed by atoms with van der Waals surface area (Å²) in [6, 6.07) is 11.9. The Labute approximate surface area is 231 Å². The van der Waals surface area contributed by atoms with Crippen LogP contribution in [-0.2, 0) is 26.2 Å². The zero-order valence-corrected chi connectivity index (χ0v) is 23.8. The van der Waals surface area contributed by atoms with Gasteiger partial charge < -0.3 is 19.7 Å². The Kier molecular flexibility index (Phi) is 9.37. The molecular weight excluding hydrogens is 518 g/mol. The molecule has 2 aromatic carbocycles. The first kappa shape index (κ1) is 28.7. The standard InChI is InChI=1S/C29H39N3O6S/c1-4-25(29(34)30-23-13-7-6-8-14-23)31(18-22-12-10-9-11-21(22)3)28(33)19-32(39(35,36)5-2)24-15-16-26-27(17-24)38-20-37-26/h9-12,15-17,23,25H,4-8,13-14,18-20H2,1-3H3,(H,30,34)/t25-/m0/s1. The van der Waals surface area contributed by atoms with E-state index in [2.05, 4.69) is 5.32 Å². The smallest absolute Gasteiger partial charge is 0.244 e. The highest BCUT2D eigenvalue weighted by atomic mass is 32.2. The Morgan fingerprint density at radius 2 is 1.74 bits per heavy atom. The highest BCUT2D eigenvalue weighted by Gasteiger charge is 2.34. The molecule has 1 saturated carbocycles. The van der Waals surface area contributed by atoms with Crippen LogP contribution in [0.25, 0.3) is 0 Å².